The van der Waals surface area contributed by atoms with E-state index in [0.717, 1.165) is 0 Å². The van der Waals surface area contributed by atoms with E-state index >= 15 is 0 Å². The van der Waals surface area contributed by atoms with E-state index in [1.165, 1.54) is 7.11 Å². The number of benzene rings is 1. The van der Waals surface area contributed by atoms with Crippen molar-refractivity contribution in [2.45, 2.75) is 0 Å². The van der Waals surface area contributed by atoms with E-state index in [2.05, 4.69) is 0 Å². The second kappa shape index (κ2) is 3.82. The second-order valence-electron chi connectivity index (χ2n) is 2.18. The number of anilines is 1. The molecule has 0 radical (unpaired) electrons. The zero-order chi connectivity index (χ0) is 8.97. The van der Waals surface area contributed by atoms with E-state index in [4.69, 9.17) is 14.7 Å². The molecule has 66 valence electrons. The number of methoxy groups -OCH3 is 2. The van der Waals surface area contributed by atoms with E-state index in [0.29, 0.717) is 17.2 Å². The summed E-state index contributed by atoms with van der Waals surface area (Å²) < 4.78 is 9.91. The maximum atomic E-state index is 8.68. The first-order chi connectivity index (χ1) is 5.81. The standard InChI is InChI=1S/C8H11NO3/c1-11-6-3-4-8(12-2)7(5-6)9-10/h3-5,9-10H,1-2H3. The van der Waals surface area contributed by atoms with Crippen LogP contribution >= 0.6 is 0 Å². The molecule has 0 unspecified atom stereocenters. The maximum absolute atomic E-state index is 8.68. The van der Waals surface area contributed by atoms with Crippen molar-refractivity contribution in [2.75, 3.05) is 19.7 Å². The fourth-order valence-corrected chi connectivity index (χ4v) is 0.901. The fraction of sp³-hybridized carbons (Fsp3) is 0.250. The molecule has 0 atom stereocenters. The summed E-state index contributed by atoms with van der Waals surface area (Å²) in [7, 11) is 3.09. The Morgan fingerprint density at radius 1 is 1.25 bits per heavy atom. The third kappa shape index (κ3) is 1.60. The third-order valence-corrected chi connectivity index (χ3v) is 1.53. The molecule has 0 fully saturated rings. The Bertz CT molecular complexity index is 262. The van der Waals surface area contributed by atoms with Gasteiger partial charge in [0, 0.05) is 6.07 Å². The Kier molecular flexibility index (Phi) is 2.76. The minimum Gasteiger partial charge on any atom is -0.497 e. The molecule has 0 aromatic heterocycles. The second-order valence-corrected chi connectivity index (χ2v) is 2.18. The van der Waals surface area contributed by atoms with Crippen LogP contribution in [0.3, 0.4) is 0 Å². The lowest BCUT2D eigenvalue weighted by atomic mass is 10.3. The lowest BCUT2D eigenvalue weighted by molar-refractivity contribution is 0.370. The molecule has 0 aliphatic heterocycles. The van der Waals surface area contributed by atoms with Gasteiger partial charge in [-0.25, -0.2) is 0 Å². The molecular formula is C8H11NO3. The highest BCUT2D eigenvalue weighted by Gasteiger charge is 2.02. The molecule has 0 aliphatic rings. The molecule has 1 aromatic carbocycles. The topological polar surface area (TPSA) is 50.7 Å². The van der Waals surface area contributed by atoms with E-state index in [-0.39, 0.29) is 0 Å². The van der Waals surface area contributed by atoms with Gasteiger partial charge in [-0.05, 0) is 12.1 Å². The minimum atomic E-state index is 0.483. The molecule has 0 saturated heterocycles. The highest BCUT2D eigenvalue weighted by atomic mass is 16.5. The van der Waals surface area contributed by atoms with Gasteiger partial charge in [0.1, 0.15) is 17.2 Å². The average molecular weight is 169 g/mol. The lowest BCUT2D eigenvalue weighted by Gasteiger charge is -2.08. The molecule has 0 spiro atoms. The van der Waals surface area contributed by atoms with Gasteiger partial charge in [-0.15, -0.1) is 0 Å². The summed E-state index contributed by atoms with van der Waals surface area (Å²) >= 11 is 0. The van der Waals surface area contributed by atoms with E-state index in [1.807, 2.05) is 5.48 Å². The smallest absolute Gasteiger partial charge is 0.144 e. The zero-order valence-corrected chi connectivity index (χ0v) is 7.00. The predicted octanol–water partition coefficient (Wildman–Crippen LogP) is 1.50. The SMILES string of the molecule is COc1ccc(OC)c(NO)c1. The number of hydrogen-bond acceptors (Lipinski definition) is 4. The van der Waals surface area contributed by atoms with Crippen LogP contribution < -0.4 is 15.0 Å². The van der Waals surface area contributed by atoms with Crippen LogP contribution in [0.2, 0.25) is 0 Å². The molecule has 0 saturated carbocycles. The molecule has 0 bridgehead atoms. The third-order valence-electron chi connectivity index (χ3n) is 1.53. The summed E-state index contributed by atoms with van der Waals surface area (Å²) in [6.45, 7) is 0. The summed E-state index contributed by atoms with van der Waals surface area (Å²) in [4.78, 5) is 0. The molecule has 0 amide bonds. The van der Waals surface area contributed by atoms with Gasteiger partial charge in [-0.3, -0.25) is 10.7 Å². The Morgan fingerprint density at radius 3 is 2.50 bits per heavy atom. The van der Waals surface area contributed by atoms with Crippen LogP contribution in [0.15, 0.2) is 18.2 Å². The quantitative estimate of drug-likeness (QED) is 0.673. The summed E-state index contributed by atoms with van der Waals surface area (Å²) in [6.07, 6.45) is 0. The molecule has 4 heteroatoms. The zero-order valence-electron chi connectivity index (χ0n) is 7.00. The van der Waals surface area contributed by atoms with Crippen LogP contribution in [0.4, 0.5) is 5.69 Å². The first kappa shape index (κ1) is 8.67. The largest absolute Gasteiger partial charge is 0.497 e. The molecular weight excluding hydrogens is 158 g/mol. The molecule has 0 heterocycles. The van der Waals surface area contributed by atoms with Gasteiger partial charge in [0.05, 0.1) is 14.2 Å². The summed E-state index contributed by atoms with van der Waals surface area (Å²) in [6, 6.07) is 5.09. The van der Waals surface area contributed by atoms with E-state index in [9.17, 15) is 0 Å². The van der Waals surface area contributed by atoms with Crippen molar-refractivity contribution in [3.63, 3.8) is 0 Å². The van der Waals surface area contributed by atoms with E-state index < -0.39 is 0 Å². The number of hydrogen-bond donors (Lipinski definition) is 2. The molecule has 4 nitrogen and oxygen atoms in total. The van der Waals surface area contributed by atoms with Crippen LogP contribution in [-0.2, 0) is 0 Å². The first-order valence-electron chi connectivity index (χ1n) is 3.44. The van der Waals surface area contributed by atoms with Crippen LogP contribution in [0.25, 0.3) is 0 Å². The molecule has 0 aliphatic carbocycles. The average Bonchev–Trinajstić information content (AvgIpc) is 2.16. The molecule has 2 N–H and O–H groups in total. The Hall–Kier alpha value is -1.42. The van der Waals surface area contributed by atoms with Gasteiger partial charge in [0.15, 0.2) is 0 Å². The van der Waals surface area contributed by atoms with Gasteiger partial charge in [0.25, 0.3) is 0 Å². The molecule has 1 rings (SSSR count). The Morgan fingerprint density at radius 2 is 2.00 bits per heavy atom. The van der Waals surface area contributed by atoms with Gasteiger partial charge < -0.3 is 9.47 Å². The fourth-order valence-electron chi connectivity index (χ4n) is 0.901. The predicted molar refractivity (Wildman–Crippen MR) is 45.0 cm³/mol. The first-order valence-corrected chi connectivity index (χ1v) is 3.44. The van der Waals surface area contributed by atoms with Crippen molar-refractivity contribution in [3.8, 4) is 11.5 Å². The summed E-state index contributed by atoms with van der Waals surface area (Å²) in [5.74, 6) is 1.23. The minimum absolute atomic E-state index is 0.483. The summed E-state index contributed by atoms with van der Waals surface area (Å²) in [5.41, 5.74) is 2.50. The number of ether oxygens (including phenoxy) is 2. The molecule has 1 aromatic rings. The van der Waals surface area contributed by atoms with Crippen molar-refractivity contribution in [3.05, 3.63) is 18.2 Å². The number of nitrogens with one attached hydrogen (secondary N) is 1. The van der Waals surface area contributed by atoms with Crippen molar-refractivity contribution in [2.24, 2.45) is 0 Å². The highest BCUT2D eigenvalue weighted by Crippen LogP contribution is 2.27. The van der Waals surface area contributed by atoms with Crippen LogP contribution in [0.1, 0.15) is 0 Å². The summed E-state index contributed by atoms with van der Waals surface area (Å²) in [5, 5.41) is 8.68. The van der Waals surface area contributed by atoms with Crippen LogP contribution in [0, 0.1) is 0 Å². The van der Waals surface area contributed by atoms with Crippen molar-refractivity contribution >= 4 is 5.69 Å². The highest BCUT2D eigenvalue weighted by molar-refractivity contribution is 5.58. The molecule has 12 heavy (non-hydrogen) atoms. The van der Waals surface area contributed by atoms with Gasteiger partial charge in [0.2, 0.25) is 0 Å². The van der Waals surface area contributed by atoms with E-state index in [1.54, 1.807) is 25.3 Å². The van der Waals surface area contributed by atoms with Gasteiger partial charge in [-0.2, -0.15) is 0 Å². The maximum Gasteiger partial charge on any atom is 0.144 e. The van der Waals surface area contributed by atoms with Crippen LogP contribution in [0.5, 0.6) is 11.5 Å². The lowest BCUT2D eigenvalue weighted by Crippen LogP contribution is -1.94. The van der Waals surface area contributed by atoms with Crippen molar-refractivity contribution in [1.82, 2.24) is 0 Å². The monoisotopic (exact) mass is 169 g/mol. The van der Waals surface area contributed by atoms with Crippen LogP contribution in [-0.4, -0.2) is 19.4 Å². The van der Waals surface area contributed by atoms with Gasteiger partial charge in [-0.1, -0.05) is 0 Å². The normalized spacial score (nSPS) is 9.25. The Labute approximate surface area is 70.7 Å². The van der Waals surface area contributed by atoms with Crippen molar-refractivity contribution < 1.29 is 14.7 Å². The van der Waals surface area contributed by atoms with Gasteiger partial charge >= 0.3 is 0 Å². The van der Waals surface area contributed by atoms with Crippen molar-refractivity contribution in [1.29, 1.82) is 0 Å². The Balaban J connectivity index is 3.02. The number of rotatable bonds is 3.